The topological polar surface area (TPSA) is 311 Å². The minimum atomic E-state index is -1.86. The first-order chi connectivity index (χ1) is 24.2. The summed E-state index contributed by atoms with van der Waals surface area (Å²) < 4.78 is 38.4. The third kappa shape index (κ3) is 7.26. The van der Waals surface area contributed by atoms with Gasteiger partial charge in [0.25, 0.3) is 11.9 Å². The maximum atomic E-state index is 10.8. The number of aromatic hydroxyl groups is 5. The Morgan fingerprint density at radius 3 is 2.04 bits per heavy atom. The van der Waals surface area contributed by atoms with Gasteiger partial charge in [-0.15, -0.1) is 0 Å². The molecule has 3 fully saturated rings. The van der Waals surface area contributed by atoms with Gasteiger partial charge < -0.3 is 94.4 Å². The van der Waals surface area contributed by atoms with E-state index >= 15 is 0 Å². The smallest absolute Gasteiger partial charge is 0.270 e. The highest BCUT2D eigenvalue weighted by molar-refractivity contribution is 5.69. The Balaban J connectivity index is 1.15. The van der Waals surface area contributed by atoms with Gasteiger partial charge in [0.15, 0.2) is 29.8 Å². The summed E-state index contributed by atoms with van der Waals surface area (Å²) in [5.41, 5.74) is 0.386. The van der Waals surface area contributed by atoms with Crippen molar-refractivity contribution in [2.45, 2.75) is 99.0 Å². The van der Waals surface area contributed by atoms with E-state index < -0.39 is 117 Å². The first-order valence-electron chi connectivity index (χ1n) is 16.0. The van der Waals surface area contributed by atoms with Crippen molar-refractivity contribution in [3.05, 3.63) is 47.2 Å². The van der Waals surface area contributed by atoms with Crippen LogP contribution in [0.5, 0.6) is 28.7 Å². The van der Waals surface area contributed by atoms with E-state index in [2.05, 4.69) is 4.74 Å². The molecule has 51 heavy (non-hydrogen) atoms. The van der Waals surface area contributed by atoms with Crippen LogP contribution in [-0.2, 0) is 28.4 Å². The van der Waals surface area contributed by atoms with E-state index in [9.17, 15) is 61.3 Å². The van der Waals surface area contributed by atoms with Crippen LogP contribution in [-0.4, -0.2) is 165 Å². The largest absolute Gasteiger partial charge is 0.571 e. The van der Waals surface area contributed by atoms with Gasteiger partial charge in [-0.3, -0.25) is 0 Å². The SMILES string of the molecule is CC1OC(OCC2OC(OC3=Cc4c(O)cc(O)cc4[OH+]C3c3ccc(O)c(O)c3)C(O)C(O)C2O)C(O)C(O)C1OC1OC(CO)C(O)C1O. The van der Waals surface area contributed by atoms with Crippen molar-refractivity contribution in [1.82, 2.24) is 0 Å². The molecule has 0 bridgehead atoms. The molecule has 4 heterocycles. The lowest BCUT2D eigenvalue weighted by Crippen LogP contribution is -2.61. The van der Waals surface area contributed by atoms with Crippen LogP contribution in [0.25, 0.3) is 6.08 Å². The van der Waals surface area contributed by atoms with Crippen LogP contribution in [0.2, 0.25) is 0 Å². The van der Waals surface area contributed by atoms with Gasteiger partial charge >= 0.3 is 0 Å². The van der Waals surface area contributed by atoms with Crippen LogP contribution in [0.15, 0.2) is 36.1 Å². The second-order valence-corrected chi connectivity index (χ2v) is 12.7. The zero-order valence-corrected chi connectivity index (χ0v) is 26.8. The molecular weight excluding hydrogens is 688 g/mol. The Morgan fingerprint density at radius 2 is 1.35 bits per heavy atom. The van der Waals surface area contributed by atoms with Gasteiger partial charge in [0.05, 0.1) is 30.9 Å². The highest BCUT2D eigenvalue weighted by atomic mass is 16.8. The number of phenolic OH excluding ortho intramolecular Hbond substituents is 4. The summed E-state index contributed by atoms with van der Waals surface area (Å²) in [6.45, 7) is 0.258. The molecule has 0 amide bonds. The first kappa shape index (κ1) is 37.2. The monoisotopic (exact) mass is 729 g/mol. The fourth-order valence-corrected chi connectivity index (χ4v) is 6.27. The van der Waals surface area contributed by atoms with Gasteiger partial charge in [0.1, 0.15) is 78.1 Å². The number of hydrogen-bond acceptors (Lipinski definition) is 18. The second kappa shape index (κ2) is 14.8. The van der Waals surface area contributed by atoms with Crippen molar-refractivity contribution >= 4 is 6.08 Å². The molecule has 0 spiro atoms. The van der Waals surface area contributed by atoms with Crippen LogP contribution in [0, 0.1) is 0 Å². The van der Waals surface area contributed by atoms with E-state index in [1.54, 1.807) is 0 Å². The van der Waals surface area contributed by atoms with Crippen molar-refractivity contribution in [2.24, 2.45) is 0 Å². The van der Waals surface area contributed by atoms with Crippen LogP contribution >= 0.6 is 0 Å². The molecule has 4 aliphatic heterocycles. The van der Waals surface area contributed by atoms with Gasteiger partial charge in [-0.1, -0.05) is 0 Å². The Labute approximate surface area is 288 Å². The molecule has 4 aliphatic rings. The highest BCUT2D eigenvalue weighted by Gasteiger charge is 2.51. The third-order valence-corrected chi connectivity index (χ3v) is 9.17. The van der Waals surface area contributed by atoms with E-state index in [4.69, 9.17) is 28.4 Å². The number of ether oxygens (including phenoxy) is 7. The van der Waals surface area contributed by atoms with E-state index in [1.807, 2.05) is 0 Å². The Kier molecular flexibility index (Phi) is 10.8. The van der Waals surface area contributed by atoms with Gasteiger partial charge in [0.2, 0.25) is 6.29 Å². The molecule has 2 aromatic rings. The molecule has 3 saturated heterocycles. The van der Waals surface area contributed by atoms with E-state index in [0.717, 1.165) is 6.07 Å². The highest BCUT2D eigenvalue weighted by Crippen LogP contribution is 2.46. The summed E-state index contributed by atoms with van der Waals surface area (Å²) in [5.74, 6) is -1.51. The Bertz CT molecular complexity index is 1570. The molecule has 0 aliphatic carbocycles. The van der Waals surface area contributed by atoms with Gasteiger partial charge in [-0.05, 0) is 25.1 Å². The summed E-state index contributed by atoms with van der Waals surface area (Å²) in [4.78, 5) is 0. The average molecular weight is 730 g/mol. The minimum Gasteiger partial charge on any atom is -0.571 e. The van der Waals surface area contributed by atoms with Crippen LogP contribution in [0.3, 0.4) is 0 Å². The molecular formula is C32H41O19+. The lowest BCUT2D eigenvalue weighted by atomic mass is 9.98. The Hall–Kier alpha value is -3.54. The van der Waals surface area contributed by atoms with E-state index in [-0.39, 0.29) is 34.1 Å². The maximum Gasteiger partial charge on any atom is 0.270 e. The van der Waals surface area contributed by atoms with Gasteiger partial charge in [-0.25, -0.2) is 0 Å². The van der Waals surface area contributed by atoms with Crippen molar-refractivity contribution in [1.29, 1.82) is 0 Å². The minimum absolute atomic E-state index is 0.0795. The number of rotatable bonds is 9. The standard InChI is InChI=1S/C32H40O19/c1-10-28(51-32-25(42)21(38)19(8-33)49-32)24(41)27(44)30(46-10)45-9-20-22(39)23(40)26(43)31(50-20)48-18-7-13-15(36)5-12(34)6-17(13)47-29(18)11-2-3-14(35)16(37)4-11/h2-7,10,19-44H,8-9H2,1H3/p+1. The number of aliphatic hydroxyl groups is 9. The fourth-order valence-electron chi connectivity index (χ4n) is 6.27. The van der Waals surface area contributed by atoms with Gasteiger partial charge in [0, 0.05) is 12.1 Å². The summed E-state index contributed by atoms with van der Waals surface area (Å²) in [5, 5.41) is 124. The summed E-state index contributed by atoms with van der Waals surface area (Å²) >= 11 is 0. The second-order valence-electron chi connectivity index (χ2n) is 12.7. The summed E-state index contributed by atoms with van der Waals surface area (Å²) in [6, 6.07) is 6.14. The predicted octanol–water partition coefficient (Wildman–Crippen LogP) is -3.02. The van der Waals surface area contributed by atoms with E-state index in [1.165, 1.54) is 37.3 Å². The molecule has 15 atom stereocenters. The van der Waals surface area contributed by atoms with Crippen molar-refractivity contribution in [3.8, 4) is 28.7 Å². The molecule has 6 rings (SSSR count). The number of benzene rings is 2. The van der Waals surface area contributed by atoms with Crippen LogP contribution < -0.4 is 0 Å². The van der Waals surface area contributed by atoms with Crippen molar-refractivity contribution in [2.75, 3.05) is 13.2 Å². The molecule has 19 heteroatoms. The molecule has 13 N–H and O–H groups in total. The molecule has 2 aromatic carbocycles. The molecule has 0 saturated carbocycles. The predicted molar refractivity (Wildman–Crippen MR) is 165 cm³/mol. The zero-order chi connectivity index (χ0) is 36.9. The molecule has 0 aromatic heterocycles. The molecule has 282 valence electrons. The van der Waals surface area contributed by atoms with Crippen LogP contribution in [0.1, 0.15) is 24.2 Å². The lowest BCUT2D eigenvalue weighted by Gasteiger charge is -2.44. The summed E-state index contributed by atoms with van der Waals surface area (Å²) in [7, 11) is 0. The molecule has 15 unspecified atom stereocenters. The number of hydrogen-bond donors (Lipinski definition) is 12. The quantitative estimate of drug-likeness (QED) is 0.0903. The van der Waals surface area contributed by atoms with Crippen molar-refractivity contribution < 1.29 is 94.4 Å². The number of phenols is 4. The van der Waals surface area contributed by atoms with E-state index in [0.29, 0.717) is 0 Å². The average Bonchev–Trinajstić information content (AvgIpc) is 3.37. The van der Waals surface area contributed by atoms with Crippen molar-refractivity contribution in [3.63, 3.8) is 0 Å². The Morgan fingerprint density at radius 1 is 0.686 bits per heavy atom. The summed E-state index contributed by atoms with van der Waals surface area (Å²) in [6.07, 6.45) is -21.3. The molecule has 0 radical (unpaired) electrons. The fraction of sp³-hybridized carbons (Fsp3) is 0.562. The number of aliphatic hydroxyl groups excluding tert-OH is 8. The van der Waals surface area contributed by atoms with Crippen LogP contribution in [0.4, 0.5) is 0 Å². The third-order valence-electron chi connectivity index (χ3n) is 9.17. The number of fused-ring (bicyclic) bond motifs is 1. The zero-order valence-electron chi connectivity index (χ0n) is 26.8. The normalized spacial score (nSPS) is 39.5. The molecule has 19 nitrogen and oxygen atoms in total. The van der Waals surface area contributed by atoms with Gasteiger partial charge in [-0.2, -0.15) is 0 Å². The first-order valence-corrected chi connectivity index (χ1v) is 16.0. The lowest BCUT2D eigenvalue weighted by molar-refractivity contribution is -0.338. The maximum absolute atomic E-state index is 10.8.